The molecule has 1 saturated heterocycles. The van der Waals surface area contributed by atoms with Crippen molar-refractivity contribution in [3.63, 3.8) is 0 Å². The fraction of sp³-hybridized carbons (Fsp3) is 0.568. The van der Waals surface area contributed by atoms with Gasteiger partial charge in [0.1, 0.15) is 35.1 Å². The fourth-order valence-electron chi connectivity index (χ4n) is 6.71. The molecule has 2 heterocycles. The summed E-state index contributed by atoms with van der Waals surface area (Å²) in [4.78, 5) is 83.2. The third-order valence-electron chi connectivity index (χ3n) is 9.67. The Bertz CT molecular complexity index is 1870. The van der Waals surface area contributed by atoms with Crippen LogP contribution in [0.1, 0.15) is 84.3 Å². The molecule has 0 aromatic heterocycles. The highest BCUT2D eigenvalue weighted by atomic mass is 32.2. The number of nitrogens with zero attached hydrogens (tertiary/aromatic N) is 2. The van der Waals surface area contributed by atoms with Crippen molar-refractivity contribution >= 4 is 45.7 Å². The predicted octanol–water partition coefficient (Wildman–Crippen LogP) is 3.13. The lowest BCUT2D eigenvalue weighted by atomic mass is 10.1. The number of fused-ring (bicyclic) bond motifs is 1. The molecule has 3 N–H and O–H groups in total. The second-order valence-corrected chi connectivity index (χ2v) is 17.6. The van der Waals surface area contributed by atoms with Crippen LogP contribution in [-0.2, 0) is 51.8 Å². The predicted molar refractivity (Wildman–Crippen MR) is 192 cm³/mol. The zero-order chi connectivity index (χ0) is 39.7. The zero-order valence-electron chi connectivity index (χ0n) is 31.1. The van der Waals surface area contributed by atoms with Crippen molar-refractivity contribution < 1.29 is 51.0 Å². The van der Waals surface area contributed by atoms with Crippen LogP contribution in [0, 0.1) is 11.7 Å². The van der Waals surface area contributed by atoms with Gasteiger partial charge >= 0.3 is 12.2 Å². The summed E-state index contributed by atoms with van der Waals surface area (Å²) in [5.74, 6) is -3.94. The smallest absolute Gasteiger partial charge is 0.410 e. The van der Waals surface area contributed by atoms with E-state index >= 15 is 0 Å². The van der Waals surface area contributed by atoms with Crippen molar-refractivity contribution in [1.82, 2.24) is 25.2 Å². The van der Waals surface area contributed by atoms with Crippen LogP contribution in [0.5, 0.6) is 0 Å². The van der Waals surface area contributed by atoms with Crippen LogP contribution < -0.4 is 15.4 Å². The number of rotatable bonds is 13. The maximum atomic E-state index is 14.4. The lowest BCUT2D eigenvalue weighted by Crippen LogP contribution is -2.58. The number of amides is 5. The Hall–Kier alpha value is -4.80. The van der Waals surface area contributed by atoms with E-state index in [1.165, 1.54) is 29.2 Å². The molecule has 5 atom stereocenters. The standard InChI is InChI=1S/C37H48FN5O10S/c1-7-23-17-37(23,33(47)41-54(50,51)26-12-13-26)40-31(45)30-16-25(52-35(49)42-18-22-9-8-10-28(38)27(22)20-42)19-43(30)32(46)29(14-11-24(44)15-21(2)3)39-34(48)53-36(4,5)6/h7-10,15,23,25-26,29-30H,1,11-14,16-20H2,2-6H3,(H,39,48)(H,40,45)(H,41,47)/t23-,25-,29+,30+,37-/m1/s1. The number of carbonyl (C=O) groups excluding carboxylic acids is 6. The molecule has 54 heavy (non-hydrogen) atoms. The molecule has 1 aromatic rings. The number of halogens is 1. The van der Waals surface area contributed by atoms with E-state index in [0.29, 0.717) is 24.0 Å². The van der Waals surface area contributed by atoms with Gasteiger partial charge in [-0.05, 0) is 78.0 Å². The van der Waals surface area contributed by atoms with Gasteiger partial charge in [-0.15, -0.1) is 6.58 Å². The highest BCUT2D eigenvalue weighted by molar-refractivity contribution is 7.91. The molecule has 2 aliphatic carbocycles. The Morgan fingerprint density at radius 2 is 1.81 bits per heavy atom. The minimum atomic E-state index is -3.97. The molecule has 0 radical (unpaired) electrons. The first-order chi connectivity index (χ1) is 25.2. The van der Waals surface area contributed by atoms with Crippen LogP contribution in [0.15, 0.2) is 42.5 Å². The molecule has 1 aromatic carbocycles. The van der Waals surface area contributed by atoms with Crippen LogP contribution in [-0.4, -0.2) is 95.0 Å². The SMILES string of the molecule is C=C[C@@H]1C[C@]1(NC(=O)[C@@H]1C[C@@H](OC(=O)N2Cc3cccc(F)c3C2)CN1C(=O)[C@H](CCC(=O)C=C(C)C)NC(=O)OC(C)(C)C)C(=O)NS(=O)(=O)C1CC1. The van der Waals surface area contributed by atoms with Gasteiger partial charge in [0.25, 0.3) is 5.91 Å². The highest BCUT2D eigenvalue weighted by Gasteiger charge is 2.62. The van der Waals surface area contributed by atoms with E-state index in [9.17, 15) is 41.6 Å². The Labute approximate surface area is 314 Å². The number of ketones is 1. The number of ether oxygens (including phenoxy) is 2. The number of sulfonamides is 1. The van der Waals surface area contributed by atoms with E-state index in [1.54, 1.807) is 40.7 Å². The van der Waals surface area contributed by atoms with Crippen LogP contribution in [0.2, 0.25) is 0 Å². The van der Waals surface area contributed by atoms with Crippen LogP contribution in [0.4, 0.5) is 14.0 Å². The number of carbonyl (C=O) groups is 6. The highest BCUT2D eigenvalue weighted by Crippen LogP contribution is 2.45. The third kappa shape index (κ3) is 9.46. The summed E-state index contributed by atoms with van der Waals surface area (Å²) >= 11 is 0. The molecule has 0 bridgehead atoms. The number of allylic oxidation sites excluding steroid dienone is 2. The van der Waals surface area contributed by atoms with Crippen molar-refractivity contribution in [3.05, 3.63) is 59.4 Å². The first kappa shape index (κ1) is 40.4. The number of benzene rings is 1. The molecule has 294 valence electrons. The summed E-state index contributed by atoms with van der Waals surface area (Å²) in [6.07, 6.45) is 0.324. The maximum Gasteiger partial charge on any atom is 0.410 e. The van der Waals surface area contributed by atoms with E-state index in [0.717, 1.165) is 10.5 Å². The number of likely N-dealkylation sites (tertiary alicyclic amines) is 1. The van der Waals surface area contributed by atoms with Crippen molar-refractivity contribution in [2.45, 2.75) is 121 Å². The van der Waals surface area contributed by atoms with Crippen molar-refractivity contribution in [2.75, 3.05) is 6.54 Å². The van der Waals surface area contributed by atoms with E-state index < -0.39 is 86.2 Å². The summed E-state index contributed by atoms with van der Waals surface area (Å²) in [5, 5.41) is 4.48. The van der Waals surface area contributed by atoms with Gasteiger partial charge < -0.3 is 25.0 Å². The first-order valence-electron chi connectivity index (χ1n) is 17.9. The number of hydrogen-bond donors (Lipinski definition) is 3. The zero-order valence-corrected chi connectivity index (χ0v) is 31.9. The summed E-state index contributed by atoms with van der Waals surface area (Å²) in [7, 11) is -3.97. The van der Waals surface area contributed by atoms with Crippen molar-refractivity contribution in [2.24, 2.45) is 5.92 Å². The molecule has 17 heteroatoms. The molecule has 2 saturated carbocycles. The lowest BCUT2D eigenvalue weighted by molar-refractivity contribution is -0.141. The summed E-state index contributed by atoms with van der Waals surface area (Å²) < 4.78 is 53.0. The topological polar surface area (TPSA) is 198 Å². The molecule has 4 aliphatic rings. The van der Waals surface area contributed by atoms with E-state index in [-0.39, 0.29) is 51.1 Å². The number of alkyl carbamates (subject to hydrolysis) is 1. The lowest BCUT2D eigenvalue weighted by Gasteiger charge is -2.30. The van der Waals surface area contributed by atoms with Gasteiger partial charge in [0.2, 0.25) is 21.8 Å². The number of nitrogens with one attached hydrogen (secondary N) is 3. The van der Waals surface area contributed by atoms with Crippen LogP contribution in [0.25, 0.3) is 0 Å². The van der Waals surface area contributed by atoms with Crippen molar-refractivity contribution in [1.29, 1.82) is 0 Å². The molecule has 5 rings (SSSR count). The van der Waals surface area contributed by atoms with Gasteiger partial charge in [0.15, 0.2) is 5.78 Å². The fourth-order valence-corrected chi connectivity index (χ4v) is 8.07. The van der Waals surface area contributed by atoms with E-state index in [1.807, 2.05) is 0 Å². The van der Waals surface area contributed by atoms with Gasteiger partial charge in [0.05, 0.1) is 18.3 Å². The second-order valence-electron chi connectivity index (χ2n) is 15.6. The summed E-state index contributed by atoms with van der Waals surface area (Å²) in [5.41, 5.74) is -0.910. The minimum absolute atomic E-state index is 0.0496. The Morgan fingerprint density at radius 3 is 2.41 bits per heavy atom. The quantitative estimate of drug-likeness (QED) is 0.198. The van der Waals surface area contributed by atoms with Gasteiger partial charge in [-0.25, -0.2) is 22.4 Å². The molecule has 0 unspecified atom stereocenters. The molecule has 5 amide bonds. The minimum Gasteiger partial charge on any atom is -0.444 e. The Balaban J connectivity index is 1.39. The summed E-state index contributed by atoms with van der Waals surface area (Å²) in [6, 6.07) is 1.79. The first-order valence-corrected chi connectivity index (χ1v) is 19.5. The van der Waals surface area contributed by atoms with E-state index in [4.69, 9.17) is 9.47 Å². The Morgan fingerprint density at radius 1 is 1.11 bits per heavy atom. The van der Waals surface area contributed by atoms with Crippen LogP contribution in [0.3, 0.4) is 0 Å². The molecular weight excluding hydrogens is 725 g/mol. The maximum absolute atomic E-state index is 14.4. The average molecular weight is 774 g/mol. The van der Waals surface area contributed by atoms with Gasteiger partial charge in [-0.2, -0.15) is 0 Å². The second kappa shape index (κ2) is 15.5. The molecule has 3 fully saturated rings. The van der Waals surface area contributed by atoms with Crippen LogP contribution >= 0.6 is 0 Å². The molecular formula is C37H48FN5O10S. The van der Waals surface area contributed by atoms with Gasteiger partial charge in [0, 0.05) is 30.9 Å². The van der Waals surface area contributed by atoms with Gasteiger partial charge in [-0.1, -0.05) is 23.8 Å². The number of hydrogen-bond acceptors (Lipinski definition) is 10. The van der Waals surface area contributed by atoms with Crippen molar-refractivity contribution in [3.8, 4) is 0 Å². The average Bonchev–Trinajstić information content (AvgIpc) is 3.96. The normalized spacial score (nSPS) is 23.7. The van der Waals surface area contributed by atoms with E-state index in [2.05, 4.69) is 21.9 Å². The van der Waals surface area contributed by atoms with Gasteiger partial charge in [-0.3, -0.25) is 28.8 Å². The largest absolute Gasteiger partial charge is 0.444 e. The third-order valence-corrected chi connectivity index (χ3v) is 11.5. The monoisotopic (exact) mass is 773 g/mol. The molecule has 15 nitrogen and oxygen atoms in total. The summed E-state index contributed by atoms with van der Waals surface area (Å²) in [6.45, 7) is 11.8. The Kier molecular flexibility index (Phi) is 11.6. The molecule has 2 aliphatic heterocycles. The molecule has 0 spiro atoms.